The normalized spacial score (nSPS) is 14.6. The quantitative estimate of drug-likeness (QED) is 0.834. The van der Waals surface area contributed by atoms with Crippen molar-refractivity contribution in [3.05, 3.63) is 23.2 Å². The van der Waals surface area contributed by atoms with Crippen LogP contribution in [0.5, 0.6) is 0 Å². The fourth-order valence-corrected chi connectivity index (χ4v) is 2.99. The fraction of sp³-hybridized carbons (Fsp3) is 0.385. The second-order valence-corrected chi connectivity index (χ2v) is 6.09. The van der Waals surface area contributed by atoms with Crippen LogP contribution in [-0.4, -0.2) is 24.0 Å². The molecule has 0 spiro atoms. The van der Waals surface area contributed by atoms with Gasteiger partial charge in [-0.1, -0.05) is 22.9 Å². The summed E-state index contributed by atoms with van der Waals surface area (Å²) in [6.45, 7) is 1.32. The summed E-state index contributed by atoms with van der Waals surface area (Å²) >= 11 is 7.51. The molecule has 1 amide bonds. The summed E-state index contributed by atoms with van der Waals surface area (Å²) in [4.78, 5) is 15.9. The lowest BCUT2D eigenvalue weighted by Crippen LogP contribution is -2.29. The van der Waals surface area contributed by atoms with Crippen LogP contribution in [0, 0.1) is 5.92 Å². The average molecular weight is 296 g/mol. The van der Waals surface area contributed by atoms with Crippen LogP contribution in [0.4, 0.5) is 5.13 Å². The van der Waals surface area contributed by atoms with E-state index in [4.69, 9.17) is 11.6 Å². The van der Waals surface area contributed by atoms with Gasteiger partial charge in [0, 0.05) is 24.0 Å². The van der Waals surface area contributed by atoms with Crippen molar-refractivity contribution >= 4 is 44.2 Å². The molecule has 2 N–H and O–H groups in total. The van der Waals surface area contributed by atoms with Gasteiger partial charge in [-0.2, -0.15) is 0 Å². The highest BCUT2D eigenvalue weighted by molar-refractivity contribution is 7.22. The number of hydrogen-bond acceptors (Lipinski definition) is 4. The van der Waals surface area contributed by atoms with Gasteiger partial charge in [0.1, 0.15) is 0 Å². The van der Waals surface area contributed by atoms with Crippen molar-refractivity contribution in [3.63, 3.8) is 0 Å². The van der Waals surface area contributed by atoms with Crippen molar-refractivity contribution in [1.29, 1.82) is 0 Å². The van der Waals surface area contributed by atoms with Gasteiger partial charge in [0.2, 0.25) is 5.91 Å². The molecule has 1 aromatic carbocycles. The number of rotatable bonds is 5. The SMILES string of the molecule is O=C(NCCNc1nc2ccc(Cl)cc2s1)C1CC1. The van der Waals surface area contributed by atoms with E-state index in [1.54, 1.807) is 11.3 Å². The maximum absolute atomic E-state index is 11.4. The molecule has 3 rings (SSSR count). The zero-order valence-electron chi connectivity index (χ0n) is 10.3. The second kappa shape index (κ2) is 5.35. The van der Waals surface area contributed by atoms with Gasteiger partial charge in [-0.05, 0) is 31.0 Å². The van der Waals surface area contributed by atoms with Crippen LogP contribution < -0.4 is 10.6 Å². The number of nitrogens with one attached hydrogen (secondary N) is 2. The molecule has 100 valence electrons. The number of thiazole rings is 1. The zero-order valence-corrected chi connectivity index (χ0v) is 11.9. The number of benzene rings is 1. The first-order valence-corrected chi connectivity index (χ1v) is 7.49. The second-order valence-electron chi connectivity index (χ2n) is 4.62. The highest BCUT2D eigenvalue weighted by Gasteiger charge is 2.28. The molecular formula is C13H14ClN3OS. The molecule has 1 fully saturated rings. The number of fused-ring (bicyclic) bond motifs is 1. The van der Waals surface area contributed by atoms with Crippen LogP contribution >= 0.6 is 22.9 Å². The summed E-state index contributed by atoms with van der Waals surface area (Å²) < 4.78 is 1.07. The maximum atomic E-state index is 11.4. The molecule has 0 saturated heterocycles. The van der Waals surface area contributed by atoms with Gasteiger partial charge in [-0.3, -0.25) is 4.79 Å². The smallest absolute Gasteiger partial charge is 0.223 e. The van der Waals surface area contributed by atoms with E-state index in [1.807, 2.05) is 18.2 Å². The van der Waals surface area contributed by atoms with Crippen molar-refractivity contribution in [1.82, 2.24) is 10.3 Å². The van der Waals surface area contributed by atoms with Crippen molar-refractivity contribution in [2.45, 2.75) is 12.8 Å². The third-order valence-corrected chi connectivity index (χ3v) is 4.21. The lowest BCUT2D eigenvalue weighted by atomic mass is 10.3. The zero-order chi connectivity index (χ0) is 13.2. The summed E-state index contributed by atoms with van der Waals surface area (Å²) in [5.74, 6) is 0.447. The lowest BCUT2D eigenvalue weighted by molar-refractivity contribution is -0.122. The average Bonchev–Trinajstić information content (AvgIpc) is 3.16. The van der Waals surface area contributed by atoms with Crippen LogP contribution in [-0.2, 0) is 4.79 Å². The number of carbonyl (C=O) groups excluding carboxylic acids is 1. The molecule has 0 bridgehead atoms. The van der Waals surface area contributed by atoms with Gasteiger partial charge in [0.15, 0.2) is 5.13 Å². The van der Waals surface area contributed by atoms with Gasteiger partial charge in [0.25, 0.3) is 0 Å². The Morgan fingerprint density at radius 3 is 3.05 bits per heavy atom. The number of halogens is 1. The largest absolute Gasteiger partial charge is 0.360 e. The molecule has 0 atom stereocenters. The number of carbonyl (C=O) groups is 1. The van der Waals surface area contributed by atoms with Gasteiger partial charge < -0.3 is 10.6 Å². The molecule has 0 unspecified atom stereocenters. The van der Waals surface area contributed by atoms with Gasteiger partial charge in [0.05, 0.1) is 10.2 Å². The minimum absolute atomic E-state index is 0.179. The molecule has 4 nitrogen and oxygen atoms in total. The molecule has 1 aromatic heterocycles. The molecular weight excluding hydrogens is 282 g/mol. The Kier molecular flexibility index (Phi) is 3.57. The Balaban J connectivity index is 1.52. The molecule has 1 heterocycles. The van der Waals surface area contributed by atoms with E-state index in [0.717, 1.165) is 33.2 Å². The van der Waals surface area contributed by atoms with E-state index in [1.165, 1.54) is 0 Å². The molecule has 1 aliphatic rings. The van der Waals surface area contributed by atoms with Crippen molar-refractivity contribution in [2.75, 3.05) is 18.4 Å². The minimum Gasteiger partial charge on any atom is -0.360 e. The predicted molar refractivity (Wildman–Crippen MR) is 78.9 cm³/mol. The van der Waals surface area contributed by atoms with Crippen LogP contribution in [0.3, 0.4) is 0 Å². The van der Waals surface area contributed by atoms with Gasteiger partial charge in [-0.25, -0.2) is 4.98 Å². The Labute approximate surface area is 120 Å². The Bertz CT molecular complexity index is 609. The van der Waals surface area contributed by atoms with Gasteiger partial charge >= 0.3 is 0 Å². The lowest BCUT2D eigenvalue weighted by Gasteiger charge is -2.04. The topological polar surface area (TPSA) is 54.0 Å². The first-order chi connectivity index (χ1) is 9.22. The molecule has 19 heavy (non-hydrogen) atoms. The highest BCUT2D eigenvalue weighted by atomic mass is 35.5. The first kappa shape index (κ1) is 12.7. The minimum atomic E-state index is 0.179. The molecule has 0 radical (unpaired) electrons. The predicted octanol–water partition coefficient (Wildman–Crippen LogP) is 2.89. The molecule has 6 heteroatoms. The summed E-state index contributed by atoms with van der Waals surface area (Å²) in [7, 11) is 0. The molecule has 2 aromatic rings. The monoisotopic (exact) mass is 295 g/mol. The Morgan fingerprint density at radius 2 is 2.26 bits per heavy atom. The van der Waals surface area contributed by atoms with E-state index >= 15 is 0 Å². The third-order valence-electron chi connectivity index (χ3n) is 3.00. The number of amides is 1. The number of aromatic nitrogens is 1. The summed E-state index contributed by atoms with van der Waals surface area (Å²) in [6.07, 6.45) is 2.08. The van der Waals surface area contributed by atoms with E-state index < -0.39 is 0 Å². The molecule has 1 saturated carbocycles. The van der Waals surface area contributed by atoms with E-state index in [-0.39, 0.29) is 11.8 Å². The van der Waals surface area contributed by atoms with Crippen LogP contribution in [0.25, 0.3) is 10.2 Å². The summed E-state index contributed by atoms with van der Waals surface area (Å²) in [5, 5.41) is 7.71. The van der Waals surface area contributed by atoms with E-state index in [0.29, 0.717) is 13.1 Å². The summed E-state index contributed by atoms with van der Waals surface area (Å²) in [6, 6.07) is 5.66. The number of anilines is 1. The third kappa shape index (κ3) is 3.16. The van der Waals surface area contributed by atoms with Crippen LogP contribution in [0.1, 0.15) is 12.8 Å². The van der Waals surface area contributed by atoms with Crippen molar-refractivity contribution < 1.29 is 4.79 Å². The molecule has 1 aliphatic carbocycles. The summed E-state index contributed by atoms with van der Waals surface area (Å²) in [5.41, 5.74) is 0.943. The first-order valence-electron chi connectivity index (χ1n) is 6.30. The maximum Gasteiger partial charge on any atom is 0.223 e. The van der Waals surface area contributed by atoms with Crippen LogP contribution in [0.15, 0.2) is 18.2 Å². The van der Waals surface area contributed by atoms with Crippen LogP contribution in [0.2, 0.25) is 5.02 Å². The molecule has 0 aliphatic heterocycles. The Hall–Kier alpha value is -1.33. The Morgan fingerprint density at radius 1 is 1.42 bits per heavy atom. The van der Waals surface area contributed by atoms with E-state index in [9.17, 15) is 4.79 Å². The van der Waals surface area contributed by atoms with Gasteiger partial charge in [-0.15, -0.1) is 0 Å². The number of hydrogen-bond donors (Lipinski definition) is 2. The van der Waals surface area contributed by atoms with Crippen molar-refractivity contribution in [3.8, 4) is 0 Å². The standard InChI is InChI=1S/C13H14ClN3OS/c14-9-3-4-10-11(7-9)19-13(17-10)16-6-5-15-12(18)8-1-2-8/h3-4,7-8H,1-2,5-6H2,(H,15,18)(H,16,17). The number of nitrogens with zero attached hydrogens (tertiary/aromatic N) is 1. The van der Waals surface area contributed by atoms with E-state index in [2.05, 4.69) is 15.6 Å². The highest BCUT2D eigenvalue weighted by Crippen LogP contribution is 2.29. The fourth-order valence-electron chi connectivity index (χ4n) is 1.82. The van der Waals surface area contributed by atoms with Crippen molar-refractivity contribution in [2.24, 2.45) is 5.92 Å².